The van der Waals surface area contributed by atoms with Gasteiger partial charge in [-0.1, -0.05) is 0 Å². The molecule has 0 aliphatic heterocycles. The maximum Gasteiger partial charge on any atom is 0.417 e. The standard InChI is InChI=1S/C16H22F3NO2S/c1-14(2,3)22-13(21)20(5)15(4)7-6-10-11(16(17,18)19)9-23-12(10)8-15/h9H,6-8H2,1-5H3. The molecule has 0 fully saturated rings. The zero-order valence-corrected chi connectivity index (χ0v) is 14.8. The Labute approximate surface area is 138 Å². The molecule has 1 unspecified atom stereocenters. The Morgan fingerprint density at radius 3 is 2.48 bits per heavy atom. The first-order valence-corrected chi connectivity index (χ1v) is 8.35. The van der Waals surface area contributed by atoms with E-state index in [-0.39, 0.29) is 0 Å². The Hall–Kier alpha value is -1.24. The number of carbonyl (C=O) groups is 1. The molecule has 0 radical (unpaired) electrons. The average Bonchev–Trinajstić information content (AvgIpc) is 2.78. The van der Waals surface area contributed by atoms with E-state index in [2.05, 4.69) is 0 Å². The van der Waals surface area contributed by atoms with Gasteiger partial charge in [-0.05, 0) is 46.1 Å². The predicted octanol–water partition coefficient (Wildman–Crippen LogP) is 4.88. The van der Waals surface area contributed by atoms with Gasteiger partial charge in [0.2, 0.25) is 0 Å². The number of ether oxygens (including phenoxy) is 1. The van der Waals surface area contributed by atoms with Gasteiger partial charge >= 0.3 is 12.3 Å². The number of rotatable bonds is 1. The quantitative estimate of drug-likeness (QED) is 0.723. The number of likely N-dealkylation sites (N-methyl/N-ethyl adjacent to an activating group) is 1. The van der Waals surface area contributed by atoms with E-state index in [1.54, 1.807) is 27.8 Å². The van der Waals surface area contributed by atoms with Crippen molar-refractivity contribution in [1.29, 1.82) is 0 Å². The molecule has 1 atom stereocenters. The first-order chi connectivity index (χ1) is 10.3. The molecule has 0 saturated heterocycles. The van der Waals surface area contributed by atoms with Crippen LogP contribution in [0.25, 0.3) is 0 Å². The van der Waals surface area contributed by atoms with Gasteiger partial charge in [0.25, 0.3) is 0 Å². The van der Waals surface area contributed by atoms with E-state index >= 15 is 0 Å². The van der Waals surface area contributed by atoms with Crippen molar-refractivity contribution in [3.8, 4) is 0 Å². The van der Waals surface area contributed by atoms with Gasteiger partial charge in [0.1, 0.15) is 5.60 Å². The molecule has 0 aromatic carbocycles. The minimum Gasteiger partial charge on any atom is -0.444 e. The summed E-state index contributed by atoms with van der Waals surface area (Å²) in [5, 5.41) is 1.18. The lowest BCUT2D eigenvalue weighted by Crippen LogP contribution is -2.52. The molecular weight excluding hydrogens is 327 g/mol. The smallest absolute Gasteiger partial charge is 0.417 e. The number of hydrogen-bond acceptors (Lipinski definition) is 3. The lowest BCUT2D eigenvalue weighted by molar-refractivity contribution is -0.138. The predicted molar refractivity (Wildman–Crippen MR) is 83.7 cm³/mol. The van der Waals surface area contributed by atoms with Crippen LogP contribution in [0.15, 0.2) is 5.38 Å². The zero-order chi connectivity index (χ0) is 17.6. The number of thiophene rings is 1. The Balaban J connectivity index is 2.20. The van der Waals surface area contributed by atoms with Gasteiger partial charge in [-0.15, -0.1) is 11.3 Å². The maximum absolute atomic E-state index is 13.0. The van der Waals surface area contributed by atoms with Gasteiger partial charge in [-0.3, -0.25) is 0 Å². The summed E-state index contributed by atoms with van der Waals surface area (Å²) in [6.07, 6.45) is -3.54. The van der Waals surface area contributed by atoms with E-state index < -0.39 is 29.0 Å². The van der Waals surface area contributed by atoms with Crippen molar-refractivity contribution in [2.75, 3.05) is 7.05 Å². The summed E-state index contributed by atoms with van der Waals surface area (Å²) in [4.78, 5) is 14.5. The molecule has 0 bridgehead atoms. The summed E-state index contributed by atoms with van der Waals surface area (Å²) < 4.78 is 44.4. The van der Waals surface area contributed by atoms with Crippen molar-refractivity contribution >= 4 is 17.4 Å². The van der Waals surface area contributed by atoms with Crippen LogP contribution in [0.3, 0.4) is 0 Å². The highest BCUT2D eigenvalue weighted by Gasteiger charge is 2.43. The van der Waals surface area contributed by atoms with Crippen LogP contribution in [-0.2, 0) is 23.8 Å². The van der Waals surface area contributed by atoms with Crippen LogP contribution in [0.5, 0.6) is 0 Å². The van der Waals surface area contributed by atoms with E-state index in [0.717, 1.165) is 11.3 Å². The normalized spacial score (nSPS) is 21.7. The van der Waals surface area contributed by atoms with Crippen LogP contribution in [0.1, 0.15) is 50.1 Å². The van der Waals surface area contributed by atoms with Crippen LogP contribution >= 0.6 is 11.3 Å². The van der Waals surface area contributed by atoms with Crippen molar-refractivity contribution in [2.45, 2.75) is 64.3 Å². The molecule has 2 rings (SSSR count). The number of fused-ring (bicyclic) bond motifs is 1. The molecule has 0 saturated carbocycles. The molecule has 3 nitrogen and oxygen atoms in total. The van der Waals surface area contributed by atoms with Crippen molar-refractivity contribution in [1.82, 2.24) is 4.90 Å². The molecule has 0 N–H and O–H groups in total. The van der Waals surface area contributed by atoms with Gasteiger partial charge in [0, 0.05) is 29.3 Å². The largest absolute Gasteiger partial charge is 0.444 e. The number of nitrogens with zero attached hydrogens (tertiary/aromatic N) is 1. The maximum atomic E-state index is 13.0. The first kappa shape index (κ1) is 18.1. The van der Waals surface area contributed by atoms with Gasteiger partial charge in [0.05, 0.1) is 5.56 Å². The third-order valence-electron chi connectivity index (χ3n) is 4.22. The highest BCUT2D eigenvalue weighted by atomic mass is 32.1. The second kappa shape index (κ2) is 5.69. The molecule has 23 heavy (non-hydrogen) atoms. The summed E-state index contributed by atoms with van der Waals surface area (Å²) in [5.74, 6) is 0. The number of amides is 1. The number of alkyl halides is 3. The van der Waals surface area contributed by atoms with E-state index in [1.807, 2.05) is 6.92 Å². The Kier molecular flexibility index (Phi) is 4.47. The fourth-order valence-corrected chi connectivity index (χ4v) is 4.03. The highest BCUT2D eigenvalue weighted by molar-refractivity contribution is 7.10. The fourth-order valence-electron chi connectivity index (χ4n) is 2.75. The second-order valence-corrected chi connectivity index (χ2v) is 8.23. The fraction of sp³-hybridized carbons (Fsp3) is 0.688. The van der Waals surface area contributed by atoms with E-state index in [0.29, 0.717) is 29.7 Å². The molecule has 1 heterocycles. The summed E-state index contributed by atoms with van der Waals surface area (Å²) in [5.41, 5.74) is -1.28. The van der Waals surface area contributed by atoms with Crippen LogP contribution in [0.2, 0.25) is 0 Å². The third-order valence-corrected chi connectivity index (χ3v) is 5.25. The minimum absolute atomic E-state index is 0.317. The number of halogens is 3. The lowest BCUT2D eigenvalue weighted by Gasteiger charge is -2.42. The number of hydrogen-bond donors (Lipinski definition) is 0. The Morgan fingerprint density at radius 2 is 1.96 bits per heavy atom. The van der Waals surface area contributed by atoms with Gasteiger partial charge in [0.15, 0.2) is 0 Å². The van der Waals surface area contributed by atoms with Crippen LogP contribution < -0.4 is 0 Å². The van der Waals surface area contributed by atoms with Crippen molar-refractivity contribution in [3.05, 3.63) is 21.4 Å². The van der Waals surface area contributed by atoms with E-state index in [4.69, 9.17) is 4.74 Å². The zero-order valence-electron chi connectivity index (χ0n) is 14.0. The molecule has 1 aliphatic rings. The van der Waals surface area contributed by atoms with Crippen molar-refractivity contribution in [2.24, 2.45) is 0 Å². The monoisotopic (exact) mass is 349 g/mol. The van der Waals surface area contributed by atoms with Crippen molar-refractivity contribution in [3.63, 3.8) is 0 Å². The average molecular weight is 349 g/mol. The number of carbonyl (C=O) groups excluding carboxylic acids is 1. The molecule has 7 heteroatoms. The summed E-state index contributed by atoms with van der Waals surface area (Å²) in [6.45, 7) is 7.26. The summed E-state index contributed by atoms with van der Waals surface area (Å²) in [7, 11) is 1.65. The third kappa shape index (κ3) is 3.82. The topological polar surface area (TPSA) is 29.5 Å². The van der Waals surface area contributed by atoms with Crippen molar-refractivity contribution < 1.29 is 22.7 Å². The van der Waals surface area contributed by atoms with Gasteiger partial charge < -0.3 is 9.64 Å². The Bertz CT molecular complexity index is 603. The van der Waals surface area contributed by atoms with E-state index in [1.165, 1.54) is 10.3 Å². The molecule has 130 valence electrons. The molecule has 1 amide bonds. The summed E-state index contributed by atoms with van der Waals surface area (Å²) >= 11 is 1.12. The second-order valence-electron chi connectivity index (χ2n) is 7.26. The highest BCUT2D eigenvalue weighted by Crippen LogP contribution is 2.43. The van der Waals surface area contributed by atoms with Crippen LogP contribution in [0, 0.1) is 0 Å². The summed E-state index contributed by atoms with van der Waals surface area (Å²) in [6, 6.07) is 0. The minimum atomic E-state index is -4.31. The molecule has 1 aromatic rings. The first-order valence-electron chi connectivity index (χ1n) is 7.47. The SMILES string of the molecule is CN(C(=O)OC(C)(C)C)C1(C)CCc2c(C(F)(F)F)csc2C1. The molecule has 0 spiro atoms. The van der Waals surface area contributed by atoms with E-state index in [9.17, 15) is 18.0 Å². The van der Waals surface area contributed by atoms with Crippen LogP contribution in [-0.4, -0.2) is 29.2 Å². The molecule has 1 aliphatic carbocycles. The van der Waals surface area contributed by atoms with Gasteiger partial charge in [-0.25, -0.2) is 4.79 Å². The van der Waals surface area contributed by atoms with Gasteiger partial charge in [-0.2, -0.15) is 13.2 Å². The molecular formula is C16H22F3NO2S. The Morgan fingerprint density at radius 1 is 1.35 bits per heavy atom. The molecule has 1 aromatic heterocycles. The van der Waals surface area contributed by atoms with Crippen LogP contribution in [0.4, 0.5) is 18.0 Å². The lowest BCUT2D eigenvalue weighted by atomic mass is 9.81.